The number of carbonyl (C=O) groups excluding carboxylic acids is 3. The van der Waals surface area contributed by atoms with Crippen LogP contribution in [-0.2, 0) is 22.4 Å². The number of hydrogen-bond acceptors (Lipinski definition) is 5. The zero-order valence-electron chi connectivity index (χ0n) is 18.1. The van der Waals surface area contributed by atoms with Gasteiger partial charge < -0.3 is 19.8 Å². The van der Waals surface area contributed by atoms with Crippen molar-refractivity contribution in [2.45, 2.75) is 25.7 Å². The van der Waals surface area contributed by atoms with Crippen LogP contribution in [0.1, 0.15) is 56.2 Å². The second-order valence-electron chi connectivity index (χ2n) is 8.10. The monoisotopic (exact) mass is 442 g/mol. The SMILES string of the molecule is COC(=O)c1ccc(C(=O)Nc2ccc3c(c2)C(=Cc2cc4c(o2)CCCC4)C(=O)N3)cc1. The zero-order chi connectivity index (χ0) is 22.9. The number of nitrogens with one attached hydrogen (secondary N) is 2. The van der Waals surface area contributed by atoms with Gasteiger partial charge in [-0.1, -0.05) is 0 Å². The van der Waals surface area contributed by atoms with Gasteiger partial charge in [0.2, 0.25) is 0 Å². The van der Waals surface area contributed by atoms with Gasteiger partial charge in [0, 0.05) is 28.9 Å². The lowest BCUT2D eigenvalue weighted by Crippen LogP contribution is -2.12. The highest BCUT2D eigenvalue weighted by Crippen LogP contribution is 2.36. The molecule has 0 atom stereocenters. The Labute approximate surface area is 190 Å². The standard InChI is InChI=1S/C26H22N2O5/c1-32-26(31)16-8-6-15(7-9-16)24(29)27-18-10-11-22-20(13-18)21(25(30)28-22)14-19-12-17-4-2-3-5-23(17)33-19/h6-14H,2-5H2,1H3,(H,27,29)(H,28,30). The number of methoxy groups -OCH3 is 1. The summed E-state index contributed by atoms with van der Waals surface area (Å²) in [5.41, 5.74) is 4.41. The average Bonchev–Trinajstić information content (AvgIpc) is 3.38. The molecule has 33 heavy (non-hydrogen) atoms. The number of fused-ring (bicyclic) bond motifs is 2. The number of amides is 2. The fourth-order valence-electron chi connectivity index (χ4n) is 4.21. The first kappa shape index (κ1) is 20.8. The molecule has 0 unspecified atom stereocenters. The van der Waals surface area contributed by atoms with E-state index in [-0.39, 0.29) is 11.8 Å². The van der Waals surface area contributed by atoms with Crippen molar-refractivity contribution in [3.05, 3.63) is 82.3 Å². The Morgan fingerprint density at radius 1 is 1.03 bits per heavy atom. The molecule has 166 valence electrons. The van der Waals surface area contributed by atoms with E-state index in [4.69, 9.17) is 4.42 Å². The predicted octanol–water partition coefficient (Wildman–Crippen LogP) is 4.69. The molecule has 0 spiro atoms. The molecule has 0 bridgehead atoms. The molecule has 5 rings (SSSR count). The normalized spacial score (nSPS) is 15.5. The van der Waals surface area contributed by atoms with E-state index in [0.717, 1.165) is 31.4 Å². The second kappa shape index (κ2) is 8.43. The lowest BCUT2D eigenvalue weighted by molar-refractivity contribution is -0.110. The topological polar surface area (TPSA) is 97.6 Å². The summed E-state index contributed by atoms with van der Waals surface area (Å²) in [6.45, 7) is 0. The number of hydrogen-bond donors (Lipinski definition) is 2. The number of benzene rings is 2. The summed E-state index contributed by atoms with van der Waals surface area (Å²) < 4.78 is 10.6. The third kappa shape index (κ3) is 4.05. The minimum atomic E-state index is -0.463. The van der Waals surface area contributed by atoms with Gasteiger partial charge in [-0.05, 0) is 79.4 Å². The quantitative estimate of drug-likeness (QED) is 0.451. The lowest BCUT2D eigenvalue weighted by atomic mass is 9.98. The van der Waals surface area contributed by atoms with E-state index in [0.29, 0.717) is 39.4 Å². The summed E-state index contributed by atoms with van der Waals surface area (Å²) in [5.74, 6) is 0.676. The summed E-state index contributed by atoms with van der Waals surface area (Å²) in [5, 5.41) is 5.70. The predicted molar refractivity (Wildman–Crippen MR) is 124 cm³/mol. The van der Waals surface area contributed by atoms with Crippen molar-refractivity contribution >= 4 is 40.8 Å². The van der Waals surface area contributed by atoms with E-state index in [9.17, 15) is 14.4 Å². The smallest absolute Gasteiger partial charge is 0.337 e. The van der Waals surface area contributed by atoms with Crippen molar-refractivity contribution in [1.82, 2.24) is 0 Å². The Morgan fingerprint density at radius 3 is 2.55 bits per heavy atom. The lowest BCUT2D eigenvalue weighted by Gasteiger charge is -2.08. The molecule has 7 heteroatoms. The van der Waals surface area contributed by atoms with E-state index in [1.807, 2.05) is 6.07 Å². The molecule has 2 heterocycles. The van der Waals surface area contributed by atoms with Crippen LogP contribution in [0.5, 0.6) is 0 Å². The highest BCUT2D eigenvalue weighted by atomic mass is 16.5. The number of esters is 1. The molecule has 0 radical (unpaired) electrons. The molecular weight excluding hydrogens is 420 g/mol. The molecule has 2 N–H and O–H groups in total. The van der Waals surface area contributed by atoms with Gasteiger partial charge in [-0.25, -0.2) is 4.79 Å². The van der Waals surface area contributed by atoms with Crippen molar-refractivity contribution < 1.29 is 23.5 Å². The Balaban J connectivity index is 1.38. The number of ether oxygens (including phenoxy) is 1. The maximum Gasteiger partial charge on any atom is 0.337 e. The molecule has 2 aliphatic rings. The van der Waals surface area contributed by atoms with Gasteiger partial charge >= 0.3 is 5.97 Å². The number of rotatable bonds is 4. The molecule has 2 amide bonds. The van der Waals surface area contributed by atoms with Crippen molar-refractivity contribution in [2.75, 3.05) is 17.7 Å². The average molecular weight is 442 g/mol. The molecule has 1 aliphatic carbocycles. The van der Waals surface area contributed by atoms with E-state index >= 15 is 0 Å². The first-order valence-electron chi connectivity index (χ1n) is 10.8. The summed E-state index contributed by atoms with van der Waals surface area (Å²) in [6, 6.07) is 13.5. The van der Waals surface area contributed by atoms with Crippen LogP contribution in [0.3, 0.4) is 0 Å². The molecule has 7 nitrogen and oxygen atoms in total. The van der Waals surface area contributed by atoms with Crippen LogP contribution in [0.2, 0.25) is 0 Å². The van der Waals surface area contributed by atoms with Crippen LogP contribution in [0.25, 0.3) is 11.6 Å². The van der Waals surface area contributed by atoms with E-state index in [1.165, 1.54) is 24.8 Å². The maximum absolute atomic E-state index is 12.7. The van der Waals surface area contributed by atoms with Gasteiger partial charge in [-0.2, -0.15) is 0 Å². The van der Waals surface area contributed by atoms with Crippen molar-refractivity contribution in [1.29, 1.82) is 0 Å². The Hall–Kier alpha value is -4.13. The van der Waals surface area contributed by atoms with Gasteiger partial charge in [0.1, 0.15) is 11.5 Å². The molecule has 0 saturated carbocycles. The Morgan fingerprint density at radius 2 is 1.79 bits per heavy atom. The van der Waals surface area contributed by atoms with Crippen LogP contribution in [0.4, 0.5) is 11.4 Å². The molecule has 0 saturated heterocycles. The maximum atomic E-state index is 12.7. The number of furan rings is 1. The Bertz CT molecular complexity index is 1280. The molecule has 3 aromatic rings. The van der Waals surface area contributed by atoms with E-state index < -0.39 is 5.97 Å². The fourth-order valence-corrected chi connectivity index (χ4v) is 4.21. The molecule has 1 aromatic heterocycles. The van der Waals surface area contributed by atoms with Crippen molar-refractivity contribution in [2.24, 2.45) is 0 Å². The summed E-state index contributed by atoms with van der Waals surface area (Å²) >= 11 is 0. The first-order valence-corrected chi connectivity index (χ1v) is 10.8. The van der Waals surface area contributed by atoms with Gasteiger partial charge in [0.05, 0.1) is 18.2 Å². The van der Waals surface area contributed by atoms with Crippen LogP contribution in [0, 0.1) is 0 Å². The number of carbonyl (C=O) groups is 3. The fraction of sp³-hybridized carbons (Fsp3) is 0.192. The van der Waals surface area contributed by atoms with Gasteiger partial charge in [-0.15, -0.1) is 0 Å². The van der Waals surface area contributed by atoms with Crippen LogP contribution in [-0.4, -0.2) is 24.9 Å². The second-order valence-corrected chi connectivity index (χ2v) is 8.10. The molecule has 1 aliphatic heterocycles. The van der Waals surface area contributed by atoms with Crippen LogP contribution in [0.15, 0.2) is 52.9 Å². The van der Waals surface area contributed by atoms with E-state index in [2.05, 4.69) is 15.4 Å². The number of anilines is 2. The van der Waals surface area contributed by atoms with Crippen LogP contribution < -0.4 is 10.6 Å². The largest absolute Gasteiger partial charge is 0.465 e. The highest BCUT2D eigenvalue weighted by molar-refractivity contribution is 6.35. The van der Waals surface area contributed by atoms with Crippen molar-refractivity contribution in [3.8, 4) is 0 Å². The van der Waals surface area contributed by atoms with Crippen LogP contribution >= 0.6 is 0 Å². The highest BCUT2D eigenvalue weighted by Gasteiger charge is 2.26. The third-order valence-electron chi connectivity index (χ3n) is 5.93. The van der Waals surface area contributed by atoms with Crippen molar-refractivity contribution in [3.63, 3.8) is 0 Å². The molecule has 0 fully saturated rings. The number of aryl methyl sites for hydroxylation is 2. The minimum Gasteiger partial charge on any atom is -0.465 e. The van der Waals surface area contributed by atoms with Gasteiger partial charge in [-0.3, -0.25) is 9.59 Å². The molecular formula is C26H22N2O5. The third-order valence-corrected chi connectivity index (χ3v) is 5.93. The summed E-state index contributed by atoms with van der Waals surface area (Å²) in [7, 11) is 1.30. The van der Waals surface area contributed by atoms with Gasteiger partial charge in [0.25, 0.3) is 11.8 Å². The minimum absolute atomic E-state index is 0.207. The summed E-state index contributed by atoms with van der Waals surface area (Å²) in [6.07, 6.45) is 5.96. The summed E-state index contributed by atoms with van der Waals surface area (Å²) in [4.78, 5) is 36.8. The Kier molecular flexibility index (Phi) is 5.30. The zero-order valence-corrected chi connectivity index (χ0v) is 18.1. The van der Waals surface area contributed by atoms with Gasteiger partial charge in [0.15, 0.2) is 0 Å². The molecule has 2 aromatic carbocycles. The first-order chi connectivity index (χ1) is 16.0. The van der Waals surface area contributed by atoms with E-state index in [1.54, 1.807) is 36.4 Å².